The van der Waals surface area contributed by atoms with Crippen molar-refractivity contribution in [1.29, 1.82) is 0 Å². The van der Waals surface area contributed by atoms with Crippen LogP contribution in [-0.4, -0.2) is 5.97 Å². The van der Waals surface area contributed by atoms with Gasteiger partial charge in [0.05, 0.1) is 11.1 Å². The Balaban J connectivity index is 2.06. The van der Waals surface area contributed by atoms with Gasteiger partial charge in [-0.3, -0.25) is 0 Å². The van der Waals surface area contributed by atoms with Gasteiger partial charge in [-0.25, -0.2) is 13.6 Å². The van der Waals surface area contributed by atoms with Crippen LogP contribution in [0.25, 0.3) is 0 Å². The summed E-state index contributed by atoms with van der Waals surface area (Å²) in [6, 6.07) is 9.51. The first kappa shape index (κ1) is 13.0. The molecule has 0 fully saturated rings. The molecule has 0 radical (unpaired) electrons. The molecule has 0 aliphatic carbocycles. The van der Waals surface area contributed by atoms with Crippen molar-refractivity contribution in [2.75, 3.05) is 5.73 Å². The number of rotatable bonds is 3. The highest BCUT2D eigenvalue weighted by atomic mass is 19.1. The van der Waals surface area contributed by atoms with E-state index in [1.807, 2.05) is 0 Å². The molecule has 0 atom stereocenters. The van der Waals surface area contributed by atoms with Crippen LogP contribution in [0.1, 0.15) is 15.9 Å². The summed E-state index contributed by atoms with van der Waals surface area (Å²) < 4.78 is 31.5. The van der Waals surface area contributed by atoms with Crippen LogP contribution < -0.4 is 5.73 Å². The number of anilines is 1. The van der Waals surface area contributed by atoms with Gasteiger partial charge in [-0.2, -0.15) is 0 Å². The molecule has 2 rings (SSSR count). The normalized spacial score (nSPS) is 10.2. The van der Waals surface area contributed by atoms with Crippen LogP contribution in [0.2, 0.25) is 0 Å². The van der Waals surface area contributed by atoms with E-state index in [2.05, 4.69) is 0 Å². The van der Waals surface area contributed by atoms with Gasteiger partial charge < -0.3 is 10.5 Å². The number of benzene rings is 2. The largest absolute Gasteiger partial charge is 0.457 e. The second-order valence-corrected chi connectivity index (χ2v) is 3.90. The van der Waals surface area contributed by atoms with Crippen LogP contribution >= 0.6 is 0 Å². The fourth-order valence-electron chi connectivity index (χ4n) is 1.51. The first-order valence-electron chi connectivity index (χ1n) is 5.53. The smallest absolute Gasteiger partial charge is 0.338 e. The van der Waals surface area contributed by atoms with E-state index in [0.717, 1.165) is 12.1 Å². The minimum Gasteiger partial charge on any atom is -0.457 e. The molecule has 2 N–H and O–H groups in total. The van der Waals surface area contributed by atoms with Gasteiger partial charge in [0.2, 0.25) is 0 Å². The van der Waals surface area contributed by atoms with Crippen molar-refractivity contribution < 1.29 is 18.3 Å². The summed E-state index contributed by atoms with van der Waals surface area (Å²) >= 11 is 0. The summed E-state index contributed by atoms with van der Waals surface area (Å²) in [6.45, 7) is -0.457. The molecular weight excluding hydrogens is 252 g/mol. The second kappa shape index (κ2) is 5.48. The highest BCUT2D eigenvalue weighted by Crippen LogP contribution is 2.14. The van der Waals surface area contributed by atoms with Crippen molar-refractivity contribution >= 4 is 11.7 Å². The van der Waals surface area contributed by atoms with Crippen LogP contribution in [0, 0.1) is 11.6 Å². The van der Waals surface area contributed by atoms with Crippen LogP contribution in [0.15, 0.2) is 42.5 Å². The third kappa shape index (κ3) is 3.07. The Morgan fingerprint density at radius 3 is 2.21 bits per heavy atom. The Labute approximate surface area is 108 Å². The molecule has 2 aromatic carbocycles. The molecular formula is C14H11F2NO2. The SMILES string of the molecule is Nc1ccc(C(=O)OCc2c(F)cccc2F)cc1. The number of carbonyl (C=O) groups excluding carboxylic acids is 1. The van der Waals surface area contributed by atoms with Gasteiger partial charge in [-0.15, -0.1) is 0 Å². The van der Waals surface area contributed by atoms with Crippen LogP contribution in [-0.2, 0) is 11.3 Å². The monoisotopic (exact) mass is 263 g/mol. The molecule has 3 nitrogen and oxygen atoms in total. The van der Waals surface area contributed by atoms with Gasteiger partial charge in [-0.05, 0) is 36.4 Å². The van der Waals surface area contributed by atoms with Crippen molar-refractivity contribution in [2.24, 2.45) is 0 Å². The summed E-state index contributed by atoms with van der Waals surface area (Å²) in [4.78, 5) is 11.6. The number of nitrogen functional groups attached to an aromatic ring is 1. The molecule has 0 unspecified atom stereocenters. The topological polar surface area (TPSA) is 52.3 Å². The number of esters is 1. The Morgan fingerprint density at radius 2 is 1.63 bits per heavy atom. The van der Waals surface area contributed by atoms with Gasteiger partial charge in [-0.1, -0.05) is 6.07 Å². The second-order valence-electron chi connectivity index (χ2n) is 3.90. The van der Waals surface area contributed by atoms with E-state index in [1.165, 1.54) is 18.2 Å². The van der Waals surface area contributed by atoms with Crippen LogP contribution in [0.5, 0.6) is 0 Å². The summed E-state index contributed by atoms with van der Waals surface area (Å²) in [5, 5.41) is 0. The van der Waals surface area contributed by atoms with Crippen molar-refractivity contribution in [2.45, 2.75) is 6.61 Å². The predicted octanol–water partition coefficient (Wildman–Crippen LogP) is 2.90. The zero-order chi connectivity index (χ0) is 13.8. The molecule has 0 saturated heterocycles. The van der Waals surface area contributed by atoms with E-state index in [1.54, 1.807) is 12.1 Å². The molecule has 5 heteroatoms. The molecule has 0 amide bonds. The van der Waals surface area contributed by atoms with Crippen LogP contribution in [0.4, 0.5) is 14.5 Å². The van der Waals surface area contributed by atoms with Gasteiger partial charge >= 0.3 is 5.97 Å². The number of carbonyl (C=O) groups is 1. The van der Waals surface area contributed by atoms with Gasteiger partial charge in [0.15, 0.2) is 0 Å². The Hall–Kier alpha value is -2.43. The van der Waals surface area contributed by atoms with Crippen molar-refractivity contribution in [3.8, 4) is 0 Å². The van der Waals surface area contributed by atoms with Crippen molar-refractivity contribution in [3.05, 3.63) is 65.2 Å². The number of hydrogen-bond acceptors (Lipinski definition) is 3. The number of hydrogen-bond donors (Lipinski definition) is 1. The zero-order valence-corrected chi connectivity index (χ0v) is 9.90. The molecule has 0 aromatic heterocycles. The lowest BCUT2D eigenvalue weighted by atomic mass is 10.2. The van der Waals surface area contributed by atoms with E-state index < -0.39 is 24.2 Å². The summed E-state index contributed by atoms with van der Waals surface area (Å²) in [5.74, 6) is -2.15. The fourth-order valence-corrected chi connectivity index (χ4v) is 1.51. The molecule has 0 aliphatic rings. The Kier molecular flexibility index (Phi) is 3.75. The number of halogens is 2. The van der Waals surface area contributed by atoms with E-state index in [9.17, 15) is 13.6 Å². The average molecular weight is 263 g/mol. The number of ether oxygens (including phenoxy) is 1. The van der Waals surface area contributed by atoms with Crippen molar-refractivity contribution in [3.63, 3.8) is 0 Å². The van der Waals surface area contributed by atoms with Crippen LogP contribution in [0.3, 0.4) is 0 Å². The molecule has 98 valence electrons. The minimum atomic E-state index is -0.745. The minimum absolute atomic E-state index is 0.269. The fraction of sp³-hybridized carbons (Fsp3) is 0.0714. The summed E-state index contributed by atoms with van der Waals surface area (Å²) in [7, 11) is 0. The first-order valence-corrected chi connectivity index (χ1v) is 5.53. The van der Waals surface area contributed by atoms with E-state index >= 15 is 0 Å². The molecule has 0 spiro atoms. The Bertz CT molecular complexity index is 577. The summed E-state index contributed by atoms with van der Waals surface area (Å²) in [5.41, 5.74) is 5.99. The first-order chi connectivity index (χ1) is 9.08. The van der Waals surface area contributed by atoms with Gasteiger partial charge in [0.1, 0.15) is 18.2 Å². The maximum absolute atomic E-state index is 13.3. The quantitative estimate of drug-likeness (QED) is 0.684. The maximum Gasteiger partial charge on any atom is 0.338 e. The van der Waals surface area contributed by atoms with E-state index in [-0.39, 0.29) is 11.1 Å². The third-order valence-corrected chi connectivity index (χ3v) is 2.56. The maximum atomic E-state index is 13.3. The van der Waals surface area contributed by atoms with E-state index in [4.69, 9.17) is 10.5 Å². The predicted molar refractivity (Wildman–Crippen MR) is 66.3 cm³/mol. The molecule has 0 heterocycles. The molecule has 0 aliphatic heterocycles. The standard InChI is InChI=1S/C14H11F2NO2/c15-12-2-1-3-13(16)11(12)8-19-14(18)9-4-6-10(17)7-5-9/h1-7H,8,17H2. The number of nitrogens with two attached hydrogens (primary N) is 1. The molecule has 2 aromatic rings. The molecule has 19 heavy (non-hydrogen) atoms. The van der Waals surface area contributed by atoms with Crippen molar-refractivity contribution in [1.82, 2.24) is 0 Å². The zero-order valence-electron chi connectivity index (χ0n) is 9.90. The average Bonchev–Trinajstić information content (AvgIpc) is 2.38. The lowest BCUT2D eigenvalue weighted by Crippen LogP contribution is -2.07. The lowest BCUT2D eigenvalue weighted by Gasteiger charge is -2.07. The highest BCUT2D eigenvalue weighted by molar-refractivity contribution is 5.89. The van der Waals surface area contributed by atoms with Gasteiger partial charge in [0, 0.05) is 5.69 Å². The highest BCUT2D eigenvalue weighted by Gasteiger charge is 2.12. The third-order valence-electron chi connectivity index (χ3n) is 2.56. The Morgan fingerprint density at radius 1 is 1.05 bits per heavy atom. The molecule has 0 saturated carbocycles. The summed E-state index contributed by atoms with van der Waals surface area (Å²) in [6.07, 6.45) is 0. The van der Waals surface area contributed by atoms with E-state index in [0.29, 0.717) is 5.69 Å². The molecule has 0 bridgehead atoms. The van der Waals surface area contributed by atoms with Gasteiger partial charge in [0.25, 0.3) is 0 Å². The lowest BCUT2D eigenvalue weighted by molar-refractivity contribution is 0.0465.